The van der Waals surface area contributed by atoms with E-state index in [1.165, 1.54) is 29.4 Å². The summed E-state index contributed by atoms with van der Waals surface area (Å²) in [7, 11) is 0. The van der Waals surface area contributed by atoms with Crippen LogP contribution in [0.1, 0.15) is 35.6 Å². The lowest BCUT2D eigenvalue weighted by molar-refractivity contribution is 0.0342. The molecule has 5 heteroatoms. The van der Waals surface area contributed by atoms with Crippen LogP contribution in [-0.2, 0) is 11.3 Å². The number of ether oxygens (including phenoxy) is 1. The number of hydrogen-bond acceptors (Lipinski definition) is 5. The number of aromatic nitrogens is 2. The Morgan fingerprint density at radius 2 is 1.96 bits per heavy atom. The van der Waals surface area contributed by atoms with E-state index in [1.807, 2.05) is 13.0 Å². The number of hydrogen-bond donors (Lipinski definition) is 0. The van der Waals surface area contributed by atoms with E-state index in [1.54, 1.807) is 0 Å². The highest BCUT2D eigenvalue weighted by Crippen LogP contribution is 2.44. The van der Waals surface area contributed by atoms with Gasteiger partial charge in [-0.05, 0) is 55.0 Å². The number of rotatable bonds is 4. The molecule has 1 saturated carbocycles. The lowest BCUT2D eigenvalue weighted by Crippen LogP contribution is -2.35. The molecule has 3 heterocycles. The normalized spacial score (nSPS) is 18.5. The van der Waals surface area contributed by atoms with Crippen LogP contribution in [-0.4, -0.2) is 41.3 Å². The van der Waals surface area contributed by atoms with Crippen molar-refractivity contribution in [3.63, 3.8) is 0 Å². The molecular formula is C21H23N3O2. The van der Waals surface area contributed by atoms with E-state index < -0.39 is 0 Å². The van der Waals surface area contributed by atoms with E-state index in [4.69, 9.17) is 14.2 Å². The lowest BCUT2D eigenvalue weighted by atomic mass is 10.0. The molecule has 1 aliphatic carbocycles. The zero-order valence-corrected chi connectivity index (χ0v) is 15.1. The van der Waals surface area contributed by atoms with Crippen LogP contribution in [0.3, 0.4) is 0 Å². The molecule has 3 aromatic rings. The van der Waals surface area contributed by atoms with Crippen LogP contribution in [0.5, 0.6) is 0 Å². The maximum absolute atomic E-state index is 5.46. The van der Waals surface area contributed by atoms with Crippen molar-refractivity contribution < 1.29 is 9.26 Å². The van der Waals surface area contributed by atoms with Gasteiger partial charge in [0.25, 0.3) is 0 Å². The first-order valence-electron chi connectivity index (χ1n) is 9.44. The monoisotopic (exact) mass is 349 g/mol. The van der Waals surface area contributed by atoms with E-state index in [0.29, 0.717) is 5.92 Å². The number of nitrogens with zero attached hydrogens (tertiary/aromatic N) is 3. The summed E-state index contributed by atoms with van der Waals surface area (Å²) < 4.78 is 10.9. The van der Waals surface area contributed by atoms with Crippen molar-refractivity contribution in [3.8, 4) is 11.5 Å². The average molecular weight is 349 g/mol. The predicted molar refractivity (Wildman–Crippen MR) is 100 cm³/mol. The van der Waals surface area contributed by atoms with Gasteiger partial charge in [-0.2, -0.15) is 0 Å². The van der Waals surface area contributed by atoms with Gasteiger partial charge in [-0.1, -0.05) is 11.2 Å². The summed E-state index contributed by atoms with van der Waals surface area (Å²) >= 11 is 0. The Balaban J connectivity index is 1.53. The van der Waals surface area contributed by atoms with Crippen LogP contribution < -0.4 is 0 Å². The summed E-state index contributed by atoms with van der Waals surface area (Å²) in [6.07, 6.45) is 2.53. The van der Waals surface area contributed by atoms with Crippen molar-refractivity contribution in [1.82, 2.24) is 15.0 Å². The summed E-state index contributed by atoms with van der Waals surface area (Å²) in [5.74, 6) is 1.41. The molecule has 0 bridgehead atoms. The maximum atomic E-state index is 5.46. The van der Waals surface area contributed by atoms with Crippen molar-refractivity contribution in [3.05, 3.63) is 47.2 Å². The van der Waals surface area contributed by atoms with Crippen LogP contribution >= 0.6 is 0 Å². The van der Waals surface area contributed by atoms with Crippen molar-refractivity contribution in [2.24, 2.45) is 0 Å². The smallest absolute Gasteiger partial charge is 0.185 e. The molecule has 0 atom stereocenters. The quantitative estimate of drug-likeness (QED) is 0.715. The number of aryl methyl sites for hydroxylation is 1. The van der Waals surface area contributed by atoms with Gasteiger partial charge < -0.3 is 9.26 Å². The minimum Gasteiger partial charge on any atom is -0.379 e. The molecule has 0 spiro atoms. The largest absolute Gasteiger partial charge is 0.379 e. The zero-order chi connectivity index (χ0) is 17.5. The fourth-order valence-corrected chi connectivity index (χ4v) is 3.76. The third kappa shape index (κ3) is 3.13. The summed E-state index contributed by atoms with van der Waals surface area (Å²) in [5.41, 5.74) is 5.58. The fourth-order valence-electron chi connectivity index (χ4n) is 3.76. The zero-order valence-electron chi connectivity index (χ0n) is 15.1. The van der Waals surface area contributed by atoms with Gasteiger partial charge in [0.1, 0.15) is 5.69 Å². The van der Waals surface area contributed by atoms with Gasteiger partial charge in [-0.25, -0.2) is 4.98 Å². The lowest BCUT2D eigenvalue weighted by Gasteiger charge is -2.26. The van der Waals surface area contributed by atoms with E-state index >= 15 is 0 Å². The number of morpholine rings is 1. The first-order chi connectivity index (χ1) is 12.8. The van der Waals surface area contributed by atoms with Crippen molar-refractivity contribution in [2.45, 2.75) is 32.2 Å². The van der Waals surface area contributed by atoms with E-state index in [0.717, 1.165) is 55.5 Å². The standard InChI is InChI=1S/C21H23N3O2/c1-14-10-21(26-23-14)20-12-17(16-3-4-16)18-11-15(2-5-19(18)22-20)13-24-6-8-25-9-7-24/h2,5,10-12,16H,3-4,6-9,13H2,1H3. The molecule has 1 aromatic carbocycles. The Kier molecular flexibility index (Phi) is 3.98. The van der Waals surface area contributed by atoms with Crippen LogP contribution in [0.15, 0.2) is 34.9 Å². The van der Waals surface area contributed by atoms with Crippen LogP contribution in [0.25, 0.3) is 22.4 Å². The molecule has 2 aromatic heterocycles. The van der Waals surface area contributed by atoms with E-state index in [-0.39, 0.29) is 0 Å². The first-order valence-corrected chi connectivity index (χ1v) is 9.44. The molecule has 1 aliphatic heterocycles. The number of benzene rings is 1. The summed E-state index contributed by atoms with van der Waals surface area (Å²) in [6, 6.07) is 10.9. The topological polar surface area (TPSA) is 51.4 Å². The van der Waals surface area contributed by atoms with Crippen molar-refractivity contribution >= 4 is 10.9 Å². The second-order valence-corrected chi connectivity index (χ2v) is 7.44. The van der Waals surface area contributed by atoms with E-state index in [2.05, 4.69) is 34.3 Å². The molecule has 0 amide bonds. The first kappa shape index (κ1) is 16.0. The highest BCUT2D eigenvalue weighted by atomic mass is 16.5. The Bertz CT molecular complexity index is 940. The second kappa shape index (κ2) is 6.49. The molecule has 1 saturated heterocycles. The van der Waals surface area contributed by atoms with Crippen LogP contribution in [0.4, 0.5) is 0 Å². The van der Waals surface area contributed by atoms with Gasteiger partial charge >= 0.3 is 0 Å². The molecule has 0 N–H and O–H groups in total. The Hall–Kier alpha value is -2.24. The molecular weight excluding hydrogens is 326 g/mol. The molecule has 26 heavy (non-hydrogen) atoms. The summed E-state index contributed by atoms with van der Waals surface area (Å²) in [4.78, 5) is 7.31. The van der Waals surface area contributed by atoms with Gasteiger partial charge in [-0.15, -0.1) is 0 Å². The summed E-state index contributed by atoms with van der Waals surface area (Å²) in [6.45, 7) is 6.61. The molecule has 5 nitrogen and oxygen atoms in total. The Morgan fingerprint density at radius 3 is 2.69 bits per heavy atom. The highest BCUT2D eigenvalue weighted by molar-refractivity contribution is 5.86. The van der Waals surface area contributed by atoms with Gasteiger partial charge in [0.05, 0.1) is 24.4 Å². The van der Waals surface area contributed by atoms with Crippen molar-refractivity contribution in [2.75, 3.05) is 26.3 Å². The SMILES string of the molecule is Cc1cc(-c2cc(C3CC3)c3cc(CN4CCOCC4)ccc3n2)on1. The third-order valence-electron chi connectivity index (χ3n) is 5.31. The van der Waals surface area contributed by atoms with Crippen LogP contribution in [0, 0.1) is 6.92 Å². The van der Waals surface area contributed by atoms with Gasteiger partial charge in [0.15, 0.2) is 5.76 Å². The van der Waals surface area contributed by atoms with Crippen molar-refractivity contribution in [1.29, 1.82) is 0 Å². The average Bonchev–Trinajstić information content (AvgIpc) is 3.42. The molecule has 2 aliphatic rings. The Morgan fingerprint density at radius 1 is 1.12 bits per heavy atom. The molecule has 134 valence electrons. The number of pyridine rings is 1. The molecule has 0 radical (unpaired) electrons. The van der Waals surface area contributed by atoms with Gasteiger partial charge in [0.2, 0.25) is 0 Å². The second-order valence-electron chi connectivity index (χ2n) is 7.44. The number of fused-ring (bicyclic) bond motifs is 1. The Labute approximate surface area is 153 Å². The fraction of sp³-hybridized carbons (Fsp3) is 0.429. The molecule has 2 fully saturated rings. The molecule has 0 unspecified atom stereocenters. The van der Waals surface area contributed by atoms with Crippen LogP contribution in [0.2, 0.25) is 0 Å². The summed E-state index contributed by atoms with van der Waals surface area (Å²) in [5, 5.41) is 5.30. The van der Waals surface area contributed by atoms with Gasteiger partial charge in [0, 0.05) is 31.1 Å². The molecule has 5 rings (SSSR count). The van der Waals surface area contributed by atoms with E-state index in [9.17, 15) is 0 Å². The van der Waals surface area contributed by atoms with Gasteiger partial charge in [-0.3, -0.25) is 4.90 Å². The minimum absolute atomic E-state index is 0.655. The maximum Gasteiger partial charge on any atom is 0.185 e. The third-order valence-corrected chi connectivity index (χ3v) is 5.31. The highest BCUT2D eigenvalue weighted by Gasteiger charge is 2.27. The minimum atomic E-state index is 0.655. The predicted octanol–water partition coefficient (Wildman–Crippen LogP) is 3.91.